The van der Waals surface area contributed by atoms with Gasteiger partial charge in [0.25, 0.3) is 0 Å². The molecule has 5 rings (SSSR count). The van der Waals surface area contributed by atoms with E-state index in [1.807, 2.05) is 6.08 Å². The second-order valence-corrected chi connectivity index (χ2v) is 10.7. The lowest BCUT2D eigenvalue weighted by molar-refractivity contribution is -0.137. The molecule has 2 saturated heterocycles. The van der Waals surface area contributed by atoms with Crippen molar-refractivity contribution in [2.75, 3.05) is 6.61 Å². The maximum Gasteiger partial charge on any atom is 0.330 e. The maximum absolute atomic E-state index is 14.2. The highest BCUT2D eigenvalue weighted by molar-refractivity contribution is 5.83. The Hall–Kier alpha value is -4.35. The van der Waals surface area contributed by atoms with E-state index in [1.165, 1.54) is 28.0 Å². The number of carbonyl (C=O) groups is 3. The van der Waals surface area contributed by atoms with Gasteiger partial charge in [0.05, 0.1) is 30.8 Å². The van der Waals surface area contributed by atoms with Gasteiger partial charge in [-0.15, -0.1) is 6.58 Å². The molecule has 6 nitrogen and oxygen atoms in total. The van der Waals surface area contributed by atoms with Gasteiger partial charge in [-0.1, -0.05) is 24.3 Å². The summed E-state index contributed by atoms with van der Waals surface area (Å²) in [6.45, 7) is 5.38. The fraction of sp³-hybridized carbons (Fsp3) is 0.364. The Bertz CT molecular complexity index is 1480. The second kappa shape index (κ2) is 14.6. The van der Waals surface area contributed by atoms with Gasteiger partial charge in [-0.2, -0.15) is 0 Å². The van der Waals surface area contributed by atoms with Crippen molar-refractivity contribution in [1.82, 2.24) is 9.80 Å². The van der Waals surface area contributed by atoms with Crippen LogP contribution in [0.4, 0.5) is 26.3 Å². The van der Waals surface area contributed by atoms with Crippen LogP contribution < -0.4 is 0 Å². The molecule has 0 aliphatic carbocycles. The lowest BCUT2D eigenvalue weighted by Gasteiger charge is -2.31. The predicted molar refractivity (Wildman–Crippen MR) is 152 cm³/mol. The summed E-state index contributed by atoms with van der Waals surface area (Å²) in [7, 11) is 0. The number of esters is 1. The Morgan fingerprint density at radius 3 is 2.00 bits per heavy atom. The minimum atomic E-state index is -1.04. The van der Waals surface area contributed by atoms with E-state index in [0.29, 0.717) is 43.5 Å². The highest BCUT2D eigenvalue weighted by atomic mass is 19.2. The minimum Gasteiger partial charge on any atom is -0.463 e. The Morgan fingerprint density at radius 2 is 1.44 bits per heavy atom. The molecule has 12 heteroatoms. The molecule has 0 N–H and O–H groups in total. The summed E-state index contributed by atoms with van der Waals surface area (Å²) in [6.07, 6.45) is 9.80. The first kappa shape index (κ1) is 33.5. The first-order valence-electron chi connectivity index (χ1n) is 14.5. The van der Waals surface area contributed by atoms with Crippen molar-refractivity contribution in [2.24, 2.45) is 0 Å². The molecule has 0 bridgehead atoms. The van der Waals surface area contributed by atoms with Gasteiger partial charge in [-0.25, -0.2) is 31.1 Å². The van der Waals surface area contributed by atoms with Crippen LogP contribution in [0, 0.1) is 34.9 Å². The predicted octanol–water partition coefficient (Wildman–Crippen LogP) is 6.93. The normalized spacial score (nSPS) is 22.3. The third kappa shape index (κ3) is 7.49. The van der Waals surface area contributed by atoms with Gasteiger partial charge >= 0.3 is 5.97 Å². The molecule has 2 aromatic rings. The smallest absolute Gasteiger partial charge is 0.330 e. The van der Waals surface area contributed by atoms with E-state index in [-0.39, 0.29) is 54.9 Å². The van der Waals surface area contributed by atoms with Crippen molar-refractivity contribution in [2.45, 2.75) is 69.6 Å². The van der Waals surface area contributed by atoms with Crippen LogP contribution in [-0.2, 0) is 19.1 Å². The van der Waals surface area contributed by atoms with Crippen molar-refractivity contribution < 1.29 is 45.5 Å². The summed E-state index contributed by atoms with van der Waals surface area (Å²) in [5.74, 6) is -7.00. The molecule has 4 atom stereocenters. The number of ether oxygens (including phenoxy) is 1. The van der Waals surface area contributed by atoms with Gasteiger partial charge in [0, 0.05) is 54.3 Å². The molecular weight excluding hydrogens is 602 g/mol. The number of benzene rings is 2. The third-order valence-electron chi connectivity index (χ3n) is 7.90. The number of likely N-dealkylation sites (tertiary alicyclic amines) is 1. The van der Waals surface area contributed by atoms with Crippen LogP contribution in [0.1, 0.15) is 68.7 Å². The van der Waals surface area contributed by atoms with Crippen molar-refractivity contribution in [3.63, 3.8) is 0 Å². The van der Waals surface area contributed by atoms with Gasteiger partial charge in [0.2, 0.25) is 11.8 Å². The van der Waals surface area contributed by atoms with Crippen LogP contribution in [0.2, 0.25) is 0 Å². The SMILES string of the molecule is C=CCC(=O)N1[C@@H](/C=C/C(=O)OCC)CC[C@H]1c1c(F)cc(F)cc1F.O=C1CC=C[C@H]2CC[C@@H](c3c(F)cc(F)cc3F)N12. The fourth-order valence-corrected chi connectivity index (χ4v) is 6.12. The van der Waals surface area contributed by atoms with Crippen LogP contribution in [-0.4, -0.2) is 46.3 Å². The standard InChI is InChI=1S/C19H20F3NO3.C14H12F3NO/c1-3-5-17(24)23-13(7-9-18(25)26-4-2)6-8-16(23)19-14(21)10-12(20)11-15(19)22;15-8-6-10(16)14(11(17)7-8)12-5-4-9-2-1-3-13(19)18(9)12/h3,7,9-11,13,16H,1,4-6,8H2,2H3;1-2,6-7,9,12H,3-5H2/b9-7+;/t13-,16+;9-,12-/m10/s1. The lowest BCUT2D eigenvalue weighted by Crippen LogP contribution is -2.38. The van der Waals surface area contributed by atoms with Crippen molar-refractivity contribution in [3.8, 4) is 0 Å². The molecule has 2 fully saturated rings. The van der Waals surface area contributed by atoms with Crippen LogP contribution in [0.5, 0.6) is 0 Å². The number of fused-ring (bicyclic) bond motifs is 1. The van der Waals surface area contributed by atoms with Crippen LogP contribution in [0.3, 0.4) is 0 Å². The van der Waals surface area contributed by atoms with E-state index in [4.69, 9.17) is 4.74 Å². The summed E-state index contributed by atoms with van der Waals surface area (Å²) in [4.78, 5) is 38.7. The van der Waals surface area contributed by atoms with E-state index < -0.39 is 59.0 Å². The maximum atomic E-state index is 14.2. The Morgan fingerprint density at radius 1 is 0.889 bits per heavy atom. The largest absolute Gasteiger partial charge is 0.463 e. The first-order chi connectivity index (χ1) is 21.5. The summed E-state index contributed by atoms with van der Waals surface area (Å²) in [6, 6.07) is 0.359. The second-order valence-electron chi connectivity index (χ2n) is 10.7. The average molecular weight is 635 g/mol. The van der Waals surface area contributed by atoms with Crippen LogP contribution in [0.15, 0.2) is 61.2 Å². The number of hydrogen-bond acceptors (Lipinski definition) is 4. The third-order valence-corrected chi connectivity index (χ3v) is 7.90. The highest BCUT2D eigenvalue weighted by Crippen LogP contribution is 2.41. The zero-order valence-corrected chi connectivity index (χ0v) is 24.5. The van der Waals surface area contributed by atoms with E-state index in [1.54, 1.807) is 13.0 Å². The van der Waals surface area contributed by atoms with Crippen molar-refractivity contribution in [3.05, 3.63) is 107 Å². The molecule has 0 unspecified atom stereocenters. The van der Waals surface area contributed by atoms with Gasteiger partial charge in [0.15, 0.2) is 0 Å². The minimum absolute atomic E-state index is 0.0231. The fourth-order valence-electron chi connectivity index (χ4n) is 6.12. The first-order valence-corrected chi connectivity index (χ1v) is 14.5. The van der Waals surface area contributed by atoms with E-state index in [9.17, 15) is 40.7 Å². The topological polar surface area (TPSA) is 66.9 Å². The summed E-state index contributed by atoms with van der Waals surface area (Å²) in [5.41, 5.74) is -0.552. The van der Waals surface area contributed by atoms with Crippen LogP contribution >= 0.6 is 0 Å². The molecule has 2 amide bonds. The lowest BCUT2D eigenvalue weighted by atomic mass is 10.0. The van der Waals surface area contributed by atoms with Gasteiger partial charge in [0.1, 0.15) is 34.9 Å². The quantitative estimate of drug-likeness (QED) is 0.144. The number of amides is 2. The summed E-state index contributed by atoms with van der Waals surface area (Å²) in [5, 5.41) is 0. The van der Waals surface area contributed by atoms with Gasteiger partial charge in [-0.3, -0.25) is 9.59 Å². The number of hydrogen-bond donors (Lipinski definition) is 0. The Kier molecular flexibility index (Phi) is 10.9. The molecule has 45 heavy (non-hydrogen) atoms. The van der Waals surface area contributed by atoms with Gasteiger partial charge in [-0.05, 0) is 32.6 Å². The molecule has 3 heterocycles. The van der Waals surface area contributed by atoms with Crippen molar-refractivity contribution >= 4 is 17.8 Å². The zero-order valence-electron chi connectivity index (χ0n) is 24.5. The molecule has 240 valence electrons. The van der Waals surface area contributed by atoms with Crippen molar-refractivity contribution in [1.29, 1.82) is 0 Å². The number of halogens is 6. The number of carbonyl (C=O) groups excluding carboxylic acids is 3. The molecular formula is C33H32F6N2O4. The average Bonchev–Trinajstić information content (AvgIpc) is 3.57. The monoisotopic (exact) mass is 634 g/mol. The molecule has 0 aromatic heterocycles. The zero-order chi connectivity index (χ0) is 32.8. The number of nitrogens with zero attached hydrogens (tertiary/aromatic N) is 2. The van der Waals surface area contributed by atoms with E-state index >= 15 is 0 Å². The van der Waals surface area contributed by atoms with E-state index in [0.717, 1.165) is 0 Å². The Labute approximate surface area is 256 Å². The molecule has 0 spiro atoms. The molecule has 0 radical (unpaired) electrons. The van der Waals surface area contributed by atoms with Gasteiger partial charge < -0.3 is 14.5 Å². The summed E-state index contributed by atoms with van der Waals surface area (Å²) >= 11 is 0. The Balaban J connectivity index is 0.000000214. The highest BCUT2D eigenvalue weighted by Gasteiger charge is 2.41. The summed E-state index contributed by atoms with van der Waals surface area (Å²) < 4.78 is 86.9. The van der Waals surface area contributed by atoms with Crippen LogP contribution in [0.25, 0.3) is 0 Å². The van der Waals surface area contributed by atoms with E-state index in [2.05, 4.69) is 6.58 Å². The molecule has 2 aromatic carbocycles. The molecule has 3 aliphatic rings. The molecule has 3 aliphatic heterocycles. The molecule has 0 saturated carbocycles. The number of rotatable bonds is 7.